The van der Waals surface area contributed by atoms with Crippen molar-refractivity contribution in [2.75, 3.05) is 45.9 Å². The fourth-order valence-electron chi connectivity index (χ4n) is 14.0. The molecule has 4 saturated carbocycles. The van der Waals surface area contributed by atoms with E-state index in [0.717, 1.165) is 69.8 Å². The Morgan fingerprint density at radius 1 is 0.820 bits per heavy atom. The van der Waals surface area contributed by atoms with Gasteiger partial charge in [0, 0.05) is 56.6 Å². The summed E-state index contributed by atoms with van der Waals surface area (Å²) in [5.74, 6) is 4.39. The van der Waals surface area contributed by atoms with Crippen molar-refractivity contribution >= 4 is 11.8 Å². The number of carbonyl (C=O) groups excluding carboxylic acids is 2. The van der Waals surface area contributed by atoms with Gasteiger partial charge in [0.15, 0.2) is 5.79 Å². The van der Waals surface area contributed by atoms with Crippen LogP contribution >= 0.6 is 0 Å². The number of likely N-dealkylation sites (tertiary alicyclic amines) is 1. The van der Waals surface area contributed by atoms with E-state index in [-0.39, 0.29) is 30.1 Å². The summed E-state index contributed by atoms with van der Waals surface area (Å²) in [4.78, 5) is 33.6. The molecule has 2 amide bonds. The summed E-state index contributed by atoms with van der Waals surface area (Å²) in [5.41, 5.74) is 0.723. The van der Waals surface area contributed by atoms with Gasteiger partial charge in [-0.05, 0) is 144 Å². The van der Waals surface area contributed by atoms with Crippen LogP contribution in [-0.2, 0) is 19.1 Å². The molecule has 4 saturated heterocycles. The normalized spacial score (nSPS) is 47.1. The van der Waals surface area contributed by atoms with Crippen molar-refractivity contribution in [3.63, 3.8) is 0 Å². The minimum Gasteiger partial charge on any atom is -0.353 e. The van der Waals surface area contributed by atoms with E-state index in [0.29, 0.717) is 52.7 Å². The Bertz CT molecular complexity index is 1250. The van der Waals surface area contributed by atoms with E-state index in [1.165, 1.54) is 70.9 Å². The van der Waals surface area contributed by atoms with Crippen molar-refractivity contribution in [1.82, 2.24) is 20.0 Å². The summed E-state index contributed by atoms with van der Waals surface area (Å²) in [6, 6.07) is 1.47. The first kappa shape index (κ1) is 35.8. The first-order valence-electron chi connectivity index (χ1n) is 21.3. The first-order valence-corrected chi connectivity index (χ1v) is 21.3. The maximum Gasteiger partial charge on any atom is 0.232 e. The van der Waals surface area contributed by atoms with Crippen LogP contribution in [0.2, 0.25) is 0 Å². The summed E-state index contributed by atoms with van der Waals surface area (Å²) in [5, 5.41) is 3.36. The smallest absolute Gasteiger partial charge is 0.232 e. The topological polar surface area (TPSA) is 74.4 Å². The molecule has 8 rings (SSSR count). The molecule has 4 aliphatic heterocycles. The van der Waals surface area contributed by atoms with Gasteiger partial charge in [0.1, 0.15) is 6.42 Å². The van der Waals surface area contributed by atoms with Gasteiger partial charge in [-0.3, -0.25) is 14.5 Å². The summed E-state index contributed by atoms with van der Waals surface area (Å²) in [6.07, 6.45) is 15.0. The predicted octanol–water partition coefficient (Wildman–Crippen LogP) is 6.32. The molecule has 1 spiro atoms. The van der Waals surface area contributed by atoms with Crippen molar-refractivity contribution < 1.29 is 19.1 Å². The molecule has 1 N–H and O–H groups in total. The molecule has 1 unspecified atom stereocenters. The van der Waals surface area contributed by atoms with E-state index in [4.69, 9.17) is 9.47 Å². The number of hydrogen-bond acceptors (Lipinski definition) is 6. The van der Waals surface area contributed by atoms with Crippen LogP contribution in [0.1, 0.15) is 125 Å². The van der Waals surface area contributed by atoms with Gasteiger partial charge in [-0.1, -0.05) is 27.7 Å². The minimum absolute atomic E-state index is 0.00432. The highest BCUT2D eigenvalue weighted by Crippen LogP contribution is 2.71. The SMILES string of the molecule is CC(C)N1CCC(N2CCN(C(=O)CC(=O)N[C@H]3CC[C@]4(C)C5CC[C@]6(C)[C@@H]7[C@H](C[C@H]6[C@@H]5CC[C@@H]4C3)O[C@]3(CC[C@H](C)CO3)[C@H]7C)CC2)CC1. The summed E-state index contributed by atoms with van der Waals surface area (Å²) >= 11 is 0. The molecule has 8 fully saturated rings. The lowest BCUT2D eigenvalue weighted by Gasteiger charge is -2.61. The number of ether oxygens (including phenoxy) is 2. The van der Waals surface area contributed by atoms with E-state index >= 15 is 0 Å². The molecule has 50 heavy (non-hydrogen) atoms. The van der Waals surface area contributed by atoms with Crippen LogP contribution in [0.3, 0.4) is 0 Å². The van der Waals surface area contributed by atoms with Crippen molar-refractivity contribution in [2.24, 2.45) is 52.3 Å². The molecular formula is C42H70N4O4. The molecule has 0 aromatic heterocycles. The highest BCUT2D eigenvalue weighted by Gasteiger charge is 2.69. The molecule has 8 aliphatic rings. The number of nitrogens with zero attached hydrogens (tertiary/aromatic N) is 3. The number of piperidine rings is 1. The fourth-order valence-corrected chi connectivity index (χ4v) is 14.0. The minimum atomic E-state index is -0.330. The van der Waals surface area contributed by atoms with Gasteiger partial charge >= 0.3 is 0 Å². The third kappa shape index (κ3) is 6.10. The van der Waals surface area contributed by atoms with E-state index in [2.05, 4.69) is 56.7 Å². The quantitative estimate of drug-likeness (QED) is 0.340. The van der Waals surface area contributed by atoms with E-state index in [1.807, 2.05) is 4.90 Å². The van der Waals surface area contributed by atoms with Gasteiger partial charge in [-0.2, -0.15) is 0 Å². The highest BCUT2D eigenvalue weighted by molar-refractivity contribution is 5.97. The molecule has 282 valence electrons. The van der Waals surface area contributed by atoms with Crippen LogP contribution in [0.15, 0.2) is 0 Å². The zero-order chi connectivity index (χ0) is 35.0. The Kier molecular flexibility index (Phi) is 9.71. The lowest BCUT2D eigenvalue weighted by molar-refractivity contribution is -0.273. The number of piperazine rings is 1. The van der Waals surface area contributed by atoms with E-state index in [1.54, 1.807) is 0 Å². The average molecular weight is 695 g/mol. The van der Waals surface area contributed by atoms with E-state index < -0.39 is 0 Å². The number of hydrogen-bond donors (Lipinski definition) is 1. The third-order valence-electron chi connectivity index (χ3n) is 17.0. The maximum atomic E-state index is 13.2. The Balaban J connectivity index is 0.814. The van der Waals surface area contributed by atoms with Crippen LogP contribution < -0.4 is 5.32 Å². The van der Waals surface area contributed by atoms with Crippen molar-refractivity contribution in [1.29, 1.82) is 0 Å². The van der Waals surface area contributed by atoms with Crippen molar-refractivity contribution in [3.8, 4) is 0 Å². The Morgan fingerprint density at radius 2 is 1.56 bits per heavy atom. The number of fused-ring (bicyclic) bond motifs is 7. The second kappa shape index (κ2) is 13.6. The van der Waals surface area contributed by atoms with Gasteiger partial charge in [0.05, 0.1) is 12.7 Å². The van der Waals surface area contributed by atoms with Gasteiger partial charge in [-0.25, -0.2) is 0 Å². The van der Waals surface area contributed by atoms with Crippen LogP contribution in [0, 0.1) is 52.3 Å². The van der Waals surface area contributed by atoms with Crippen LogP contribution in [0.5, 0.6) is 0 Å². The zero-order valence-corrected chi connectivity index (χ0v) is 32.5. The van der Waals surface area contributed by atoms with Crippen LogP contribution in [0.25, 0.3) is 0 Å². The van der Waals surface area contributed by atoms with Gasteiger partial charge in [0.2, 0.25) is 11.8 Å². The molecule has 12 atom stereocenters. The molecule has 8 heteroatoms. The fraction of sp³-hybridized carbons (Fsp3) is 0.952. The Labute approximate surface area is 303 Å². The Morgan fingerprint density at radius 3 is 2.26 bits per heavy atom. The molecule has 8 nitrogen and oxygen atoms in total. The number of carbonyl (C=O) groups is 2. The standard InChI is InChI=1S/C42H70N4O4/c1-27(2)44-17-12-32(13-18-44)45-19-21-46(22-20-45)38(48)25-37(47)43-31-10-14-40(5)30(23-31)7-8-33-34(40)11-15-41(6)35(33)24-36-39(41)29(4)42(50-36)16-9-28(3)26-49-42/h27-36,39H,7-26H2,1-6H3,(H,43,47)/t28-,29-,30+,31-,33+,34?,35-,36-,39-,40-,41-,42+/m0/s1. The predicted molar refractivity (Wildman–Crippen MR) is 196 cm³/mol. The second-order valence-corrected chi connectivity index (χ2v) is 19.7. The molecule has 0 aromatic carbocycles. The zero-order valence-electron chi connectivity index (χ0n) is 32.5. The summed E-state index contributed by atoms with van der Waals surface area (Å²) in [7, 11) is 0. The summed E-state index contributed by atoms with van der Waals surface area (Å²) in [6.45, 7) is 21.2. The van der Waals surface area contributed by atoms with Crippen molar-refractivity contribution in [3.05, 3.63) is 0 Å². The van der Waals surface area contributed by atoms with Crippen LogP contribution in [-0.4, -0.2) is 102 Å². The van der Waals surface area contributed by atoms with Crippen molar-refractivity contribution in [2.45, 2.75) is 155 Å². The molecular weight excluding hydrogens is 624 g/mol. The molecule has 0 bridgehead atoms. The highest BCUT2D eigenvalue weighted by atomic mass is 16.7. The van der Waals surface area contributed by atoms with Gasteiger partial charge in [0.25, 0.3) is 0 Å². The van der Waals surface area contributed by atoms with E-state index in [9.17, 15) is 9.59 Å². The molecule has 0 radical (unpaired) electrons. The number of amides is 2. The molecule has 0 aromatic rings. The van der Waals surface area contributed by atoms with Crippen LogP contribution in [0.4, 0.5) is 0 Å². The molecule has 4 heterocycles. The van der Waals surface area contributed by atoms with Gasteiger partial charge in [-0.15, -0.1) is 0 Å². The maximum absolute atomic E-state index is 13.2. The number of rotatable bonds is 5. The number of nitrogens with one attached hydrogen (secondary N) is 1. The average Bonchev–Trinajstić information content (AvgIpc) is 3.55. The second-order valence-electron chi connectivity index (χ2n) is 19.7. The summed E-state index contributed by atoms with van der Waals surface area (Å²) < 4.78 is 13.6. The lowest BCUT2D eigenvalue weighted by atomic mass is 9.44. The molecule has 4 aliphatic carbocycles. The largest absolute Gasteiger partial charge is 0.353 e. The third-order valence-corrected chi connectivity index (χ3v) is 17.0. The first-order chi connectivity index (χ1) is 23.9. The van der Waals surface area contributed by atoms with Gasteiger partial charge < -0.3 is 24.6 Å². The Hall–Kier alpha value is -1.22. The monoisotopic (exact) mass is 695 g/mol. The lowest BCUT2D eigenvalue weighted by Crippen LogP contribution is -2.56.